The van der Waals surface area contributed by atoms with Gasteiger partial charge < -0.3 is 24.0 Å². The molecule has 2 aliphatic heterocycles. The van der Waals surface area contributed by atoms with Crippen LogP contribution in [0.4, 0.5) is 0 Å². The van der Waals surface area contributed by atoms with Crippen LogP contribution in [0.5, 0.6) is 11.5 Å². The summed E-state index contributed by atoms with van der Waals surface area (Å²) < 4.78 is 18.3. The summed E-state index contributed by atoms with van der Waals surface area (Å²) in [5.74, 6) is 1.48. The predicted octanol–water partition coefficient (Wildman–Crippen LogP) is 4.20. The number of ether oxygens (including phenoxy) is 3. The van der Waals surface area contributed by atoms with E-state index in [0.29, 0.717) is 39.3 Å². The average molecular weight is 521 g/mol. The minimum Gasteiger partial charge on any atom is -0.491 e. The average Bonchev–Trinajstić information content (AvgIpc) is 2.96. The first-order valence-corrected chi connectivity index (χ1v) is 14.2. The Labute approximate surface area is 226 Å². The lowest BCUT2D eigenvalue weighted by molar-refractivity contribution is -0.177. The van der Waals surface area contributed by atoms with Gasteiger partial charge in [-0.2, -0.15) is 0 Å². The van der Waals surface area contributed by atoms with Gasteiger partial charge in [0.25, 0.3) is 11.8 Å². The Balaban J connectivity index is 1.26. The quantitative estimate of drug-likeness (QED) is 0.605. The number of morpholine rings is 1. The van der Waals surface area contributed by atoms with Gasteiger partial charge in [0.15, 0.2) is 12.2 Å². The Morgan fingerprint density at radius 1 is 0.947 bits per heavy atom. The molecule has 7 heteroatoms. The van der Waals surface area contributed by atoms with Gasteiger partial charge in [-0.3, -0.25) is 9.59 Å². The molecule has 204 valence electrons. The first kappa shape index (κ1) is 26.5. The summed E-state index contributed by atoms with van der Waals surface area (Å²) in [6.45, 7) is 4.45. The Kier molecular flexibility index (Phi) is 8.52. The molecule has 5 rings (SSSR count). The minimum absolute atomic E-state index is 0.0365. The second-order valence-electron chi connectivity index (χ2n) is 10.6. The molecule has 2 amide bonds. The van der Waals surface area contributed by atoms with Crippen molar-refractivity contribution < 1.29 is 23.8 Å². The number of rotatable bonds is 4. The van der Waals surface area contributed by atoms with Gasteiger partial charge in [-0.05, 0) is 93.2 Å². The fourth-order valence-electron chi connectivity index (χ4n) is 5.95. The van der Waals surface area contributed by atoms with Crippen molar-refractivity contribution in [2.24, 2.45) is 0 Å². The van der Waals surface area contributed by atoms with Crippen molar-refractivity contribution >= 4 is 11.8 Å². The number of fused-ring (bicyclic) bond motifs is 2. The van der Waals surface area contributed by atoms with Gasteiger partial charge in [-0.1, -0.05) is 24.3 Å². The lowest BCUT2D eigenvalue weighted by Gasteiger charge is -2.44. The number of amides is 2. The third-order valence-electron chi connectivity index (χ3n) is 8.15. The Morgan fingerprint density at radius 2 is 1.74 bits per heavy atom. The van der Waals surface area contributed by atoms with E-state index in [9.17, 15) is 9.59 Å². The SMILES string of the molecule is CCN1CCOc2ccccc2CCCCC2(CN(C(=O)COc3ccc4c(c3)CCCC4)CCO2)C1=O. The van der Waals surface area contributed by atoms with E-state index in [4.69, 9.17) is 14.2 Å². The molecule has 0 saturated carbocycles. The zero-order valence-electron chi connectivity index (χ0n) is 22.6. The molecule has 0 aromatic heterocycles. The molecule has 1 unspecified atom stereocenters. The number of likely N-dealkylation sites (N-methyl/N-ethyl adjacent to an activating group) is 1. The van der Waals surface area contributed by atoms with Crippen molar-refractivity contribution in [2.75, 3.05) is 46.0 Å². The van der Waals surface area contributed by atoms with E-state index >= 15 is 0 Å². The normalized spacial score (nSPS) is 22.5. The van der Waals surface area contributed by atoms with Crippen LogP contribution in [0.25, 0.3) is 0 Å². The monoisotopic (exact) mass is 520 g/mol. The highest BCUT2D eigenvalue weighted by atomic mass is 16.5. The van der Waals surface area contributed by atoms with Crippen molar-refractivity contribution in [1.29, 1.82) is 0 Å². The maximum Gasteiger partial charge on any atom is 0.260 e. The zero-order valence-corrected chi connectivity index (χ0v) is 22.6. The number of hydrogen-bond acceptors (Lipinski definition) is 5. The van der Waals surface area contributed by atoms with Crippen LogP contribution in [-0.4, -0.2) is 73.2 Å². The van der Waals surface area contributed by atoms with Gasteiger partial charge in [0.05, 0.1) is 19.7 Å². The van der Waals surface area contributed by atoms with Crippen LogP contribution < -0.4 is 9.47 Å². The van der Waals surface area contributed by atoms with E-state index in [1.165, 1.54) is 29.5 Å². The molecule has 1 aliphatic carbocycles. The van der Waals surface area contributed by atoms with Crippen LogP contribution in [0, 0.1) is 0 Å². The molecule has 1 atom stereocenters. The zero-order chi connectivity index (χ0) is 26.4. The van der Waals surface area contributed by atoms with Crippen LogP contribution in [0.15, 0.2) is 42.5 Å². The highest BCUT2D eigenvalue weighted by Crippen LogP contribution is 2.30. The second kappa shape index (κ2) is 12.2. The Bertz CT molecular complexity index is 1140. The van der Waals surface area contributed by atoms with E-state index < -0.39 is 5.60 Å². The highest BCUT2D eigenvalue weighted by Gasteiger charge is 2.46. The largest absolute Gasteiger partial charge is 0.491 e. The molecule has 1 fully saturated rings. The van der Waals surface area contributed by atoms with Gasteiger partial charge in [-0.25, -0.2) is 0 Å². The van der Waals surface area contributed by atoms with Crippen LogP contribution in [0.2, 0.25) is 0 Å². The fraction of sp³-hybridized carbons (Fsp3) is 0.548. The highest BCUT2D eigenvalue weighted by molar-refractivity contribution is 5.87. The van der Waals surface area contributed by atoms with Gasteiger partial charge in [0, 0.05) is 13.1 Å². The molecular formula is C31H40N2O5. The molecule has 0 bridgehead atoms. The second-order valence-corrected chi connectivity index (χ2v) is 10.6. The molecule has 0 radical (unpaired) electrons. The number of benzene rings is 2. The first-order valence-electron chi connectivity index (χ1n) is 14.2. The lowest BCUT2D eigenvalue weighted by Crippen LogP contribution is -2.62. The third-order valence-corrected chi connectivity index (χ3v) is 8.15. The van der Waals surface area contributed by atoms with Gasteiger partial charge in [0.2, 0.25) is 0 Å². The van der Waals surface area contributed by atoms with Crippen molar-refractivity contribution in [1.82, 2.24) is 9.80 Å². The fourth-order valence-corrected chi connectivity index (χ4v) is 5.95. The summed E-state index contributed by atoms with van der Waals surface area (Å²) in [6, 6.07) is 14.3. The van der Waals surface area contributed by atoms with E-state index in [2.05, 4.69) is 18.2 Å². The maximum atomic E-state index is 13.9. The van der Waals surface area contributed by atoms with E-state index in [-0.39, 0.29) is 25.0 Å². The van der Waals surface area contributed by atoms with Crippen molar-refractivity contribution in [3.05, 3.63) is 59.2 Å². The molecule has 1 saturated heterocycles. The third kappa shape index (κ3) is 5.98. The Hall–Kier alpha value is -3.06. The van der Waals surface area contributed by atoms with E-state index in [0.717, 1.165) is 43.6 Å². The standard InChI is InChI=1S/C31H40N2O5/c1-2-32-17-19-36-28-13-6-5-10-25(28)11-7-8-16-31(30(32)35)23-33(18-20-38-31)29(34)22-37-27-15-14-24-9-3-4-12-26(24)21-27/h5-6,10,13-15,21H,2-4,7-9,11-12,16-20,22-23H2,1H3. The number of carbonyl (C=O) groups is 2. The van der Waals surface area contributed by atoms with Crippen LogP contribution in [-0.2, 0) is 33.6 Å². The first-order chi connectivity index (χ1) is 18.6. The van der Waals surface area contributed by atoms with E-state index in [1.807, 2.05) is 36.1 Å². The molecule has 0 N–H and O–H groups in total. The van der Waals surface area contributed by atoms with Crippen molar-refractivity contribution in [3.8, 4) is 11.5 Å². The molecule has 2 aromatic rings. The Morgan fingerprint density at radius 3 is 2.61 bits per heavy atom. The van der Waals surface area contributed by atoms with Gasteiger partial charge >= 0.3 is 0 Å². The predicted molar refractivity (Wildman–Crippen MR) is 146 cm³/mol. The van der Waals surface area contributed by atoms with Gasteiger partial charge in [-0.15, -0.1) is 0 Å². The lowest BCUT2D eigenvalue weighted by atomic mass is 9.91. The minimum atomic E-state index is -1.03. The number of aryl methyl sites for hydroxylation is 3. The number of para-hydroxylation sites is 1. The summed E-state index contributed by atoms with van der Waals surface area (Å²) in [7, 11) is 0. The topological polar surface area (TPSA) is 68.3 Å². The summed E-state index contributed by atoms with van der Waals surface area (Å²) >= 11 is 0. The van der Waals surface area contributed by atoms with Crippen molar-refractivity contribution in [3.63, 3.8) is 0 Å². The molecule has 3 aliphatic rings. The number of nitrogens with zero attached hydrogens (tertiary/aromatic N) is 2. The maximum absolute atomic E-state index is 13.9. The van der Waals surface area contributed by atoms with Crippen LogP contribution in [0.1, 0.15) is 55.7 Å². The van der Waals surface area contributed by atoms with E-state index in [1.54, 1.807) is 4.90 Å². The summed E-state index contributed by atoms with van der Waals surface area (Å²) in [5, 5.41) is 0. The summed E-state index contributed by atoms with van der Waals surface area (Å²) in [4.78, 5) is 30.7. The van der Waals surface area contributed by atoms with Crippen molar-refractivity contribution in [2.45, 2.75) is 63.9 Å². The summed E-state index contributed by atoms with van der Waals surface area (Å²) in [6.07, 6.45) is 7.83. The van der Waals surface area contributed by atoms with Crippen LogP contribution >= 0.6 is 0 Å². The molecule has 2 heterocycles. The molecule has 7 nitrogen and oxygen atoms in total. The molecule has 38 heavy (non-hydrogen) atoms. The van der Waals surface area contributed by atoms with Crippen LogP contribution in [0.3, 0.4) is 0 Å². The number of hydrogen-bond donors (Lipinski definition) is 0. The number of carbonyl (C=O) groups excluding carboxylic acids is 2. The summed E-state index contributed by atoms with van der Waals surface area (Å²) in [5.41, 5.74) is 2.88. The molecule has 2 aromatic carbocycles. The smallest absolute Gasteiger partial charge is 0.260 e. The van der Waals surface area contributed by atoms with Gasteiger partial charge in [0.1, 0.15) is 18.1 Å². The molecular weight excluding hydrogens is 480 g/mol. The molecule has 1 spiro atoms.